The van der Waals surface area contributed by atoms with Gasteiger partial charge in [-0.25, -0.2) is 4.18 Å². The first-order chi connectivity index (χ1) is 3.62. The van der Waals surface area contributed by atoms with Crippen LogP contribution >= 0.6 is 0 Å². The molecule has 0 aliphatic rings. The predicted octanol–water partition coefficient (Wildman–Crippen LogP) is -0.174. The molecule has 1 N–H and O–H groups in total. The number of hydrogen-bond donors (Lipinski definition) is 1. The molecule has 0 aliphatic heterocycles. The third kappa shape index (κ3) is 5.87. The van der Waals surface area contributed by atoms with Crippen LogP contribution in [-0.2, 0) is 14.6 Å². The minimum atomic E-state index is -4.00. The normalized spacial score (nSPS) is 13.6. The molecule has 44 valence electrons. The highest BCUT2D eigenvalue weighted by atomic mass is 32.3. The fourth-order valence-electron chi connectivity index (χ4n) is 0.144. The molecule has 0 aromatic heterocycles. The lowest BCUT2D eigenvalue weighted by Crippen LogP contribution is -2.01. The van der Waals surface area contributed by atoms with Crippen molar-refractivity contribution in [1.82, 2.24) is 0 Å². The average molecular weight is 127 g/mol. The highest BCUT2D eigenvalue weighted by Gasteiger charge is 1.98. The minimum absolute atomic E-state index is 0.0127. The molecule has 0 heterocycles. The molecule has 0 aliphatic carbocycles. The molecule has 0 aromatic carbocycles. The minimum Gasteiger partial charge on any atom is -0.264 e. The van der Waals surface area contributed by atoms with E-state index in [1.807, 2.05) is 0 Å². The SMILES string of the molecule is [2H]OS(=O)(=O)OCC. The smallest absolute Gasteiger partial charge is 0.264 e. The van der Waals surface area contributed by atoms with Gasteiger partial charge >= 0.3 is 10.4 Å². The Hall–Kier alpha value is -0.130. The highest BCUT2D eigenvalue weighted by molar-refractivity contribution is 7.80. The first-order valence-corrected chi connectivity index (χ1v) is 3.00. The van der Waals surface area contributed by atoms with Gasteiger partial charge in [-0.3, -0.25) is 4.56 Å². The van der Waals surface area contributed by atoms with Crippen molar-refractivity contribution in [3.63, 3.8) is 0 Å². The third-order valence-electron chi connectivity index (χ3n) is 0.262. The second-order valence-corrected chi connectivity index (χ2v) is 1.87. The van der Waals surface area contributed by atoms with Crippen LogP contribution in [0, 0.1) is 0 Å². The van der Waals surface area contributed by atoms with E-state index in [4.69, 9.17) is 1.43 Å². The number of rotatable bonds is 3. The van der Waals surface area contributed by atoms with Crippen LogP contribution in [0.25, 0.3) is 1.43 Å². The molecule has 0 fully saturated rings. The van der Waals surface area contributed by atoms with Crippen molar-refractivity contribution in [2.24, 2.45) is 0 Å². The molecular weight excluding hydrogens is 120 g/mol. The molecular formula is C2H6O4S. The van der Waals surface area contributed by atoms with Crippen molar-refractivity contribution in [2.75, 3.05) is 6.61 Å². The van der Waals surface area contributed by atoms with Gasteiger partial charge in [0.15, 0.2) is 0 Å². The molecule has 0 radical (unpaired) electrons. The molecule has 0 aromatic rings. The zero-order chi connectivity index (χ0) is 6.62. The predicted molar refractivity (Wildman–Crippen MR) is 23.2 cm³/mol. The third-order valence-corrected chi connectivity index (χ3v) is 0.787. The van der Waals surface area contributed by atoms with E-state index in [0.717, 1.165) is 0 Å². The number of hydrogen-bond acceptors (Lipinski definition) is 4. The Labute approximate surface area is 43.5 Å². The van der Waals surface area contributed by atoms with Crippen LogP contribution in [0.2, 0.25) is 0 Å². The van der Waals surface area contributed by atoms with E-state index in [2.05, 4.69) is 8.74 Å². The second-order valence-electron chi connectivity index (χ2n) is 0.815. The first-order valence-electron chi connectivity index (χ1n) is 2.07. The van der Waals surface area contributed by atoms with Crippen molar-refractivity contribution in [3.05, 3.63) is 0 Å². The molecule has 0 unspecified atom stereocenters. The molecule has 0 spiro atoms. The van der Waals surface area contributed by atoms with Crippen LogP contribution in [0.5, 0.6) is 0 Å². The quantitative estimate of drug-likeness (QED) is 0.534. The summed E-state index contributed by atoms with van der Waals surface area (Å²) in [6.07, 6.45) is 0. The van der Waals surface area contributed by atoms with E-state index in [1.54, 1.807) is 0 Å². The Balaban J connectivity index is 3.76. The Morgan fingerprint density at radius 2 is 2.57 bits per heavy atom. The van der Waals surface area contributed by atoms with E-state index in [1.165, 1.54) is 6.92 Å². The maximum atomic E-state index is 9.97. The zero-order valence-electron chi connectivity index (χ0n) is 4.75. The average Bonchev–Trinajstić information content (AvgIpc) is 1.67. The lowest BCUT2D eigenvalue weighted by atomic mass is 10.9. The van der Waals surface area contributed by atoms with Gasteiger partial charge in [-0.1, -0.05) is 0 Å². The van der Waals surface area contributed by atoms with Gasteiger partial charge in [0.25, 0.3) is 0 Å². The fourth-order valence-corrected chi connectivity index (χ4v) is 0.433. The van der Waals surface area contributed by atoms with Gasteiger partial charge in [-0.2, -0.15) is 8.42 Å². The zero-order valence-corrected chi connectivity index (χ0v) is 4.56. The van der Waals surface area contributed by atoms with Crippen LogP contribution in [0.15, 0.2) is 0 Å². The van der Waals surface area contributed by atoms with Gasteiger partial charge in [0.2, 0.25) is 1.43 Å². The Bertz CT molecular complexity index is 138. The summed E-state index contributed by atoms with van der Waals surface area (Å²) >= 11 is 0. The monoisotopic (exact) mass is 127 g/mol. The van der Waals surface area contributed by atoms with Crippen LogP contribution < -0.4 is 0 Å². The van der Waals surface area contributed by atoms with Crippen molar-refractivity contribution in [3.8, 4) is 0 Å². The lowest BCUT2D eigenvalue weighted by Gasteiger charge is -1.88. The molecule has 0 bridgehead atoms. The van der Waals surface area contributed by atoms with E-state index < -0.39 is 10.4 Å². The molecule has 0 atom stereocenters. The Morgan fingerprint density at radius 1 is 2.00 bits per heavy atom. The largest absolute Gasteiger partial charge is 0.397 e. The van der Waals surface area contributed by atoms with Gasteiger partial charge < -0.3 is 0 Å². The van der Waals surface area contributed by atoms with Crippen molar-refractivity contribution < 1.29 is 17.2 Å². The molecule has 0 amide bonds. The maximum absolute atomic E-state index is 9.97. The summed E-state index contributed by atoms with van der Waals surface area (Å²) < 4.78 is 32.9. The van der Waals surface area contributed by atoms with Crippen LogP contribution in [0.4, 0.5) is 0 Å². The molecule has 7 heavy (non-hydrogen) atoms. The Kier molecular flexibility index (Phi) is 1.61. The van der Waals surface area contributed by atoms with Crippen LogP contribution in [-0.4, -0.2) is 19.6 Å². The van der Waals surface area contributed by atoms with Crippen molar-refractivity contribution in [1.29, 1.82) is 1.43 Å². The summed E-state index contributed by atoms with van der Waals surface area (Å²) in [5.41, 5.74) is 0. The van der Waals surface area contributed by atoms with E-state index in [-0.39, 0.29) is 6.61 Å². The van der Waals surface area contributed by atoms with Gasteiger partial charge in [0.1, 0.15) is 0 Å². The van der Waals surface area contributed by atoms with Gasteiger partial charge in [-0.15, -0.1) is 0 Å². The second kappa shape index (κ2) is 2.25. The summed E-state index contributed by atoms with van der Waals surface area (Å²) in [5.74, 6) is 0. The van der Waals surface area contributed by atoms with E-state index >= 15 is 0 Å². The summed E-state index contributed by atoms with van der Waals surface area (Å²) in [7, 11) is -4.00. The molecule has 0 rings (SSSR count). The van der Waals surface area contributed by atoms with Crippen LogP contribution in [0.3, 0.4) is 0 Å². The highest BCUT2D eigenvalue weighted by Crippen LogP contribution is 1.81. The summed E-state index contributed by atoms with van der Waals surface area (Å²) in [6.45, 7) is 1.47. The van der Waals surface area contributed by atoms with Crippen LogP contribution in [0.1, 0.15) is 6.92 Å². The molecule has 0 saturated carbocycles. The topological polar surface area (TPSA) is 63.6 Å². The standard InChI is InChI=1S/C2H6O4S/c1-2-6-7(3,4)5/h2H2,1H3,(H,3,4,5)/i/hD. The van der Waals surface area contributed by atoms with E-state index in [9.17, 15) is 8.42 Å². The van der Waals surface area contributed by atoms with E-state index in [0.29, 0.717) is 0 Å². The van der Waals surface area contributed by atoms with Gasteiger partial charge in [0.05, 0.1) is 6.61 Å². The summed E-state index contributed by atoms with van der Waals surface area (Å²) in [6, 6.07) is 0. The molecule has 4 nitrogen and oxygen atoms in total. The summed E-state index contributed by atoms with van der Waals surface area (Å²) in [5, 5.41) is 0. The molecule has 0 saturated heterocycles. The lowest BCUT2D eigenvalue weighted by molar-refractivity contribution is 0.283. The maximum Gasteiger partial charge on any atom is 0.397 e. The van der Waals surface area contributed by atoms with Gasteiger partial charge in [0, 0.05) is 0 Å². The van der Waals surface area contributed by atoms with Crippen molar-refractivity contribution in [2.45, 2.75) is 6.92 Å². The Morgan fingerprint density at radius 3 is 2.71 bits per heavy atom. The van der Waals surface area contributed by atoms with Gasteiger partial charge in [-0.05, 0) is 6.92 Å². The fraction of sp³-hybridized carbons (Fsp3) is 1.00. The summed E-state index contributed by atoms with van der Waals surface area (Å²) in [4.78, 5) is 0. The van der Waals surface area contributed by atoms with Crippen molar-refractivity contribution >= 4 is 10.4 Å². The first kappa shape index (κ1) is 5.02. The molecule has 5 heteroatoms.